The van der Waals surface area contributed by atoms with Crippen molar-refractivity contribution in [2.75, 3.05) is 37.4 Å². The van der Waals surface area contributed by atoms with E-state index in [1.807, 2.05) is 30.0 Å². The first kappa shape index (κ1) is 28.3. The quantitative estimate of drug-likeness (QED) is 0.276. The number of nitrogens with zero attached hydrogens (tertiary/aromatic N) is 6. The molecule has 0 saturated carbocycles. The van der Waals surface area contributed by atoms with E-state index in [1.165, 1.54) is 0 Å². The number of piperidine rings is 1. The van der Waals surface area contributed by atoms with E-state index in [9.17, 15) is 9.90 Å². The summed E-state index contributed by atoms with van der Waals surface area (Å²) in [4.78, 5) is 26.2. The number of aryl methyl sites for hydroxylation is 1. The summed E-state index contributed by atoms with van der Waals surface area (Å²) in [7, 11) is 1.55. The van der Waals surface area contributed by atoms with Crippen LogP contribution in [0.3, 0.4) is 0 Å². The first-order valence-electron chi connectivity index (χ1n) is 14.1. The molecule has 2 fully saturated rings. The normalized spacial score (nSPS) is 18.5. The molecule has 6 rings (SSSR count). The monoisotopic (exact) mass is 588 g/mol. The van der Waals surface area contributed by atoms with Crippen molar-refractivity contribution in [3.8, 4) is 28.6 Å². The Morgan fingerprint density at radius 1 is 1.14 bits per heavy atom. The smallest absolute Gasteiger partial charge is 0.320 e. The molecule has 1 aromatic carbocycles. The highest BCUT2D eigenvalue weighted by atomic mass is 19.1. The fourth-order valence-electron chi connectivity index (χ4n) is 5.87. The SMILES string of the molecule is COc1cc(-c2ccc([C@@H](F)Oc3cc(N4CCC5(CC4)CNC(C(=O)O)C5)nc(N)n3)c(-n3ccc(C)n3)c2)ccn1. The van der Waals surface area contributed by atoms with Crippen LogP contribution in [0.2, 0.25) is 0 Å². The van der Waals surface area contributed by atoms with E-state index in [2.05, 4.69) is 25.4 Å². The topological polar surface area (TPSA) is 154 Å². The molecule has 2 atom stereocenters. The fourth-order valence-corrected chi connectivity index (χ4v) is 5.87. The van der Waals surface area contributed by atoms with Crippen LogP contribution in [0.4, 0.5) is 16.2 Å². The zero-order valence-electron chi connectivity index (χ0n) is 23.9. The van der Waals surface area contributed by atoms with Crippen molar-refractivity contribution in [2.24, 2.45) is 5.41 Å². The molecule has 1 spiro atoms. The third-order valence-corrected chi connectivity index (χ3v) is 8.26. The molecule has 12 nitrogen and oxygen atoms in total. The highest BCUT2D eigenvalue weighted by molar-refractivity contribution is 5.74. The van der Waals surface area contributed by atoms with Gasteiger partial charge in [0.25, 0.3) is 6.36 Å². The molecular weight excluding hydrogens is 555 g/mol. The van der Waals surface area contributed by atoms with Gasteiger partial charge in [-0.3, -0.25) is 4.79 Å². The largest absolute Gasteiger partial charge is 0.481 e. The number of methoxy groups -OCH3 is 1. The second-order valence-electron chi connectivity index (χ2n) is 11.1. The van der Waals surface area contributed by atoms with Crippen molar-refractivity contribution in [3.05, 3.63) is 66.1 Å². The highest BCUT2D eigenvalue weighted by Crippen LogP contribution is 2.41. The number of benzene rings is 1. The van der Waals surface area contributed by atoms with Gasteiger partial charge < -0.3 is 30.5 Å². The third-order valence-electron chi connectivity index (χ3n) is 8.26. The van der Waals surface area contributed by atoms with Crippen molar-refractivity contribution in [1.29, 1.82) is 0 Å². The molecule has 5 heterocycles. The Balaban J connectivity index is 1.23. The molecule has 13 heteroatoms. The Morgan fingerprint density at radius 3 is 2.63 bits per heavy atom. The van der Waals surface area contributed by atoms with Crippen LogP contribution in [-0.4, -0.2) is 68.6 Å². The average molecular weight is 589 g/mol. The molecule has 0 bridgehead atoms. The van der Waals surface area contributed by atoms with Crippen LogP contribution in [-0.2, 0) is 4.79 Å². The lowest BCUT2D eigenvalue weighted by molar-refractivity contribution is -0.139. The zero-order chi connectivity index (χ0) is 30.1. The molecule has 2 saturated heterocycles. The van der Waals surface area contributed by atoms with E-state index in [0.29, 0.717) is 43.4 Å². The molecule has 1 unspecified atom stereocenters. The van der Waals surface area contributed by atoms with Gasteiger partial charge in [-0.05, 0) is 67.0 Å². The molecule has 43 heavy (non-hydrogen) atoms. The molecule has 4 aromatic rings. The first-order valence-corrected chi connectivity index (χ1v) is 14.1. The number of alkyl halides is 1. The van der Waals surface area contributed by atoms with E-state index >= 15 is 4.39 Å². The van der Waals surface area contributed by atoms with Gasteiger partial charge in [-0.2, -0.15) is 19.5 Å². The summed E-state index contributed by atoms with van der Waals surface area (Å²) in [5.74, 6) is 0.168. The Kier molecular flexibility index (Phi) is 7.57. The van der Waals surface area contributed by atoms with E-state index in [-0.39, 0.29) is 22.8 Å². The number of hydrogen-bond donors (Lipinski definition) is 3. The van der Waals surface area contributed by atoms with Gasteiger partial charge in [0.2, 0.25) is 17.7 Å². The summed E-state index contributed by atoms with van der Waals surface area (Å²) < 4.78 is 28.6. The summed E-state index contributed by atoms with van der Waals surface area (Å²) in [6.45, 7) is 3.85. The number of hydrogen-bond acceptors (Lipinski definition) is 10. The van der Waals surface area contributed by atoms with E-state index in [1.54, 1.807) is 48.5 Å². The second-order valence-corrected chi connectivity index (χ2v) is 11.1. The van der Waals surface area contributed by atoms with Crippen LogP contribution in [0.1, 0.15) is 36.9 Å². The van der Waals surface area contributed by atoms with Crippen LogP contribution in [0.25, 0.3) is 16.8 Å². The van der Waals surface area contributed by atoms with Crippen molar-refractivity contribution in [2.45, 2.75) is 38.6 Å². The summed E-state index contributed by atoms with van der Waals surface area (Å²) in [5, 5.41) is 17.0. The Hall–Kier alpha value is -4.78. The number of carboxylic acid groups (broad SMARTS) is 1. The van der Waals surface area contributed by atoms with Crippen LogP contribution in [0.5, 0.6) is 11.8 Å². The summed E-state index contributed by atoms with van der Waals surface area (Å²) in [6, 6.07) is 11.9. The minimum absolute atomic E-state index is 0.00861. The van der Waals surface area contributed by atoms with Gasteiger partial charge in [0.15, 0.2) is 0 Å². The average Bonchev–Trinajstić information content (AvgIpc) is 3.63. The van der Waals surface area contributed by atoms with E-state index in [0.717, 1.165) is 29.7 Å². The number of rotatable bonds is 8. The molecule has 0 radical (unpaired) electrons. The van der Waals surface area contributed by atoms with Crippen molar-refractivity contribution >= 4 is 17.7 Å². The zero-order valence-corrected chi connectivity index (χ0v) is 23.9. The number of pyridine rings is 1. The number of ether oxygens (including phenoxy) is 2. The summed E-state index contributed by atoms with van der Waals surface area (Å²) in [5.41, 5.74) is 9.18. The lowest BCUT2D eigenvalue weighted by Crippen LogP contribution is -2.41. The molecule has 224 valence electrons. The van der Waals surface area contributed by atoms with Crippen molar-refractivity contribution in [1.82, 2.24) is 30.0 Å². The van der Waals surface area contributed by atoms with Crippen molar-refractivity contribution < 1.29 is 23.8 Å². The number of anilines is 2. The van der Waals surface area contributed by atoms with Crippen LogP contribution >= 0.6 is 0 Å². The standard InChI is InChI=1S/C30H33FN8O4/c1-18-6-10-39(37-18)23-13-19(20-5-9-33-25(14-20)42-2)3-4-21(23)27(31)43-26-15-24(35-29(32)36-26)38-11-7-30(8-12-38)16-22(28(40)41)34-17-30/h3-6,9-10,13-15,22,27,34H,7-8,11-12,16-17H2,1-2H3,(H,40,41)(H2,32,35,36)/t22?,27-/m0/s1. The van der Waals surface area contributed by atoms with Gasteiger partial charge >= 0.3 is 5.97 Å². The minimum Gasteiger partial charge on any atom is -0.481 e. The number of aliphatic carboxylic acids is 1. The summed E-state index contributed by atoms with van der Waals surface area (Å²) in [6.07, 6.45) is 3.74. The Morgan fingerprint density at radius 2 is 1.93 bits per heavy atom. The minimum atomic E-state index is -1.88. The van der Waals surface area contributed by atoms with Gasteiger partial charge in [0.05, 0.1) is 24.1 Å². The molecule has 0 aliphatic carbocycles. The van der Waals surface area contributed by atoms with Gasteiger partial charge in [0.1, 0.15) is 11.9 Å². The molecular formula is C30H33FN8O4. The third kappa shape index (κ3) is 5.93. The van der Waals surface area contributed by atoms with Crippen molar-refractivity contribution in [3.63, 3.8) is 0 Å². The van der Waals surface area contributed by atoms with Crippen LogP contribution < -0.4 is 25.4 Å². The molecule has 2 aliphatic heterocycles. The van der Waals surface area contributed by atoms with Crippen LogP contribution in [0, 0.1) is 12.3 Å². The van der Waals surface area contributed by atoms with E-state index in [4.69, 9.17) is 15.2 Å². The number of aromatic nitrogens is 5. The number of nitrogens with two attached hydrogens (primary N) is 1. The molecule has 3 aromatic heterocycles. The predicted molar refractivity (Wildman–Crippen MR) is 157 cm³/mol. The lowest BCUT2D eigenvalue weighted by atomic mass is 9.76. The first-order chi connectivity index (χ1) is 20.7. The number of carbonyl (C=O) groups is 1. The van der Waals surface area contributed by atoms with Gasteiger partial charge in [-0.25, -0.2) is 9.67 Å². The maximum absolute atomic E-state index is 16.0. The molecule has 0 amide bonds. The Labute approximate surface area is 247 Å². The fraction of sp³-hybridized carbons (Fsp3) is 0.367. The number of halogens is 1. The summed E-state index contributed by atoms with van der Waals surface area (Å²) >= 11 is 0. The van der Waals surface area contributed by atoms with E-state index < -0.39 is 18.4 Å². The number of nitrogens with one attached hydrogen (secondary N) is 1. The van der Waals surface area contributed by atoms with Crippen LogP contribution in [0.15, 0.2) is 54.9 Å². The highest BCUT2D eigenvalue weighted by Gasteiger charge is 2.43. The predicted octanol–water partition coefficient (Wildman–Crippen LogP) is 3.70. The van der Waals surface area contributed by atoms with Gasteiger partial charge in [-0.15, -0.1) is 0 Å². The second kappa shape index (κ2) is 11.5. The lowest BCUT2D eigenvalue weighted by Gasteiger charge is -2.39. The number of nitrogen functional groups attached to an aromatic ring is 1. The van der Waals surface area contributed by atoms with Gasteiger partial charge in [0, 0.05) is 44.2 Å². The maximum atomic E-state index is 16.0. The maximum Gasteiger partial charge on any atom is 0.320 e. The molecule has 4 N–H and O–H groups in total. The Bertz CT molecular complexity index is 1640. The number of carboxylic acids is 1. The molecule has 2 aliphatic rings. The van der Waals surface area contributed by atoms with Gasteiger partial charge in [-0.1, -0.05) is 6.07 Å².